The minimum atomic E-state index is -0.805. The van der Waals surface area contributed by atoms with Crippen LogP contribution in [-0.4, -0.2) is 28.3 Å². The van der Waals surface area contributed by atoms with Crippen molar-refractivity contribution in [1.82, 2.24) is 4.90 Å². The van der Waals surface area contributed by atoms with E-state index in [1.54, 1.807) is 13.0 Å². The number of benzene rings is 2. The molecule has 0 N–H and O–H groups in total. The Hall–Kier alpha value is -3.62. The van der Waals surface area contributed by atoms with Crippen molar-refractivity contribution >= 4 is 17.6 Å². The molecule has 0 unspecified atom stereocenters. The lowest BCUT2D eigenvalue weighted by molar-refractivity contribution is -0.384. The minimum Gasteiger partial charge on any atom is -0.462 e. The van der Waals surface area contributed by atoms with E-state index in [9.17, 15) is 28.5 Å². The van der Waals surface area contributed by atoms with E-state index in [-0.39, 0.29) is 48.0 Å². The monoisotopic (exact) mass is 458 g/mol. The number of ether oxygens (including phenoxy) is 1. The summed E-state index contributed by atoms with van der Waals surface area (Å²) >= 11 is 0. The van der Waals surface area contributed by atoms with E-state index in [1.165, 1.54) is 29.2 Å². The molecule has 2 aromatic rings. The van der Waals surface area contributed by atoms with Gasteiger partial charge in [-0.05, 0) is 24.5 Å². The number of carbonyl (C=O) groups is 2. The fraction of sp³-hybridized carbons (Fsp3) is 0.333. The molecule has 1 amide bonds. The Kier molecular flexibility index (Phi) is 7.20. The molecule has 0 radical (unpaired) electrons. The number of hydrogen-bond acceptors (Lipinski definition) is 5. The number of halogens is 2. The number of non-ortho nitro benzene ring substituents is 1. The third kappa shape index (κ3) is 5.42. The molecule has 0 aliphatic carbocycles. The number of esters is 1. The van der Waals surface area contributed by atoms with Crippen LogP contribution in [0, 0.1) is 27.7 Å². The number of carbonyl (C=O) groups excluding carboxylic acids is 2. The molecule has 0 fully saturated rings. The van der Waals surface area contributed by atoms with E-state index in [1.807, 2.05) is 13.8 Å². The predicted molar refractivity (Wildman–Crippen MR) is 116 cm³/mol. The molecule has 1 atom stereocenters. The first-order chi connectivity index (χ1) is 15.6. The van der Waals surface area contributed by atoms with Crippen LogP contribution >= 0.6 is 0 Å². The quantitative estimate of drug-likeness (QED) is 0.336. The van der Waals surface area contributed by atoms with Crippen LogP contribution in [0.4, 0.5) is 14.5 Å². The predicted octanol–water partition coefficient (Wildman–Crippen LogP) is 4.86. The topological polar surface area (TPSA) is 89.7 Å². The molecule has 1 aliphatic rings. The number of amides is 1. The average Bonchev–Trinajstić information content (AvgIpc) is 2.76. The molecule has 33 heavy (non-hydrogen) atoms. The van der Waals surface area contributed by atoms with Crippen molar-refractivity contribution in [3.8, 4) is 0 Å². The summed E-state index contributed by atoms with van der Waals surface area (Å²) in [5.74, 6) is -3.27. The number of rotatable bonds is 7. The van der Waals surface area contributed by atoms with Crippen LogP contribution in [0.3, 0.4) is 0 Å². The van der Waals surface area contributed by atoms with E-state index in [0.29, 0.717) is 5.56 Å². The van der Waals surface area contributed by atoms with Crippen LogP contribution in [-0.2, 0) is 20.9 Å². The van der Waals surface area contributed by atoms with Gasteiger partial charge < -0.3 is 9.64 Å². The Balaban J connectivity index is 2.05. The van der Waals surface area contributed by atoms with Gasteiger partial charge in [0.05, 0.1) is 23.6 Å². The van der Waals surface area contributed by atoms with Crippen LogP contribution < -0.4 is 0 Å². The van der Waals surface area contributed by atoms with Gasteiger partial charge in [0.1, 0.15) is 11.6 Å². The summed E-state index contributed by atoms with van der Waals surface area (Å²) in [6.45, 7) is 5.26. The second-order valence-electron chi connectivity index (χ2n) is 8.32. The van der Waals surface area contributed by atoms with Gasteiger partial charge in [0.25, 0.3) is 5.69 Å². The Morgan fingerprint density at radius 2 is 1.97 bits per heavy atom. The first-order valence-electron chi connectivity index (χ1n) is 10.4. The highest BCUT2D eigenvalue weighted by atomic mass is 19.1. The second-order valence-corrected chi connectivity index (χ2v) is 8.32. The smallest absolute Gasteiger partial charge is 0.336 e. The van der Waals surface area contributed by atoms with E-state index in [0.717, 1.165) is 12.1 Å². The Morgan fingerprint density at radius 1 is 1.24 bits per heavy atom. The van der Waals surface area contributed by atoms with E-state index in [2.05, 4.69) is 0 Å². The van der Waals surface area contributed by atoms with E-state index >= 15 is 0 Å². The largest absolute Gasteiger partial charge is 0.462 e. The molecule has 0 bridgehead atoms. The molecule has 2 aromatic carbocycles. The summed E-state index contributed by atoms with van der Waals surface area (Å²) in [4.78, 5) is 38.0. The van der Waals surface area contributed by atoms with Gasteiger partial charge >= 0.3 is 5.97 Å². The van der Waals surface area contributed by atoms with Crippen LogP contribution in [0.15, 0.2) is 53.7 Å². The maximum Gasteiger partial charge on any atom is 0.336 e. The molecule has 0 saturated carbocycles. The number of hydrogen-bond donors (Lipinski definition) is 0. The molecule has 1 aliphatic heterocycles. The summed E-state index contributed by atoms with van der Waals surface area (Å²) < 4.78 is 32.9. The van der Waals surface area contributed by atoms with Crippen molar-refractivity contribution in [2.45, 2.75) is 39.7 Å². The number of nitrogens with zero attached hydrogens (tertiary/aromatic N) is 2. The summed E-state index contributed by atoms with van der Waals surface area (Å²) in [6, 6.07) is 8.83. The third-order valence-electron chi connectivity index (χ3n) is 5.42. The van der Waals surface area contributed by atoms with Crippen molar-refractivity contribution in [2.24, 2.45) is 5.92 Å². The van der Waals surface area contributed by atoms with Gasteiger partial charge in [-0.3, -0.25) is 14.9 Å². The molecule has 0 saturated heterocycles. The maximum absolute atomic E-state index is 14.2. The Labute approximate surface area is 189 Å². The lowest BCUT2D eigenvalue weighted by atomic mass is 9.83. The first-order valence-corrected chi connectivity index (χ1v) is 10.4. The zero-order valence-electron chi connectivity index (χ0n) is 18.5. The highest BCUT2D eigenvalue weighted by Gasteiger charge is 2.37. The van der Waals surface area contributed by atoms with Crippen LogP contribution in [0.5, 0.6) is 0 Å². The van der Waals surface area contributed by atoms with Crippen LogP contribution in [0.2, 0.25) is 0 Å². The Bertz CT molecular complexity index is 1130. The number of allylic oxidation sites excluding steroid dienone is 1. The highest BCUT2D eigenvalue weighted by molar-refractivity contribution is 5.96. The van der Waals surface area contributed by atoms with Crippen molar-refractivity contribution < 1.29 is 28.0 Å². The van der Waals surface area contributed by atoms with E-state index in [4.69, 9.17) is 4.74 Å². The molecule has 3 rings (SSSR count). The van der Waals surface area contributed by atoms with Gasteiger partial charge in [-0.1, -0.05) is 32.0 Å². The fourth-order valence-electron chi connectivity index (χ4n) is 3.75. The first kappa shape index (κ1) is 24.0. The standard InChI is InChI=1S/C24H24F2N2O5/c1-14(2)13-33-24(30)23-15(3)27(12-17-7-8-18(25)10-21(17)26)22(29)11-20(23)16-5-4-6-19(9-16)28(31)32/h4-10,14,20H,11-13H2,1-3H3/t20-/m0/s1. The normalized spacial score (nSPS) is 16.4. The minimum absolute atomic E-state index is 0.0701. The van der Waals surface area contributed by atoms with Crippen LogP contribution in [0.1, 0.15) is 44.2 Å². The summed E-state index contributed by atoms with van der Waals surface area (Å²) in [5.41, 5.74) is 0.802. The summed E-state index contributed by atoms with van der Waals surface area (Å²) in [7, 11) is 0. The number of nitro benzene ring substituents is 1. The van der Waals surface area contributed by atoms with Gasteiger partial charge in [-0.15, -0.1) is 0 Å². The second kappa shape index (κ2) is 9.89. The third-order valence-corrected chi connectivity index (χ3v) is 5.42. The van der Waals surface area contributed by atoms with E-state index < -0.39 is 34.4 Å². The number of nitro groups is 1. The fourth-order valence-corrected chi connectivity index (χ4v) is 3.75. The Morgan fingerprint density at radius 3 is 2.61 bits per heavy atom. The lowest BCUT2D eigenvalue weighted by Gasteiger charge is -2.34. The highest BCUT2D eigenvalue weighted by Crippen LogP contribution is 2.38. The molecule has 1 heterocycles. The van der Waals surface area contributed by atoms with Crippen LogP contribution in [0.25, 0.3) is 0 Å². The van der Waals surface area contributed by atoms with Gasteiger partial charge in [-0.2, -0.15) is 0 Å². The zero-order chi connectivity index (χ0) is 24.3. The molecule has 0 aromatic heterocycles. The molecule has 174 valence electrons. The van der Waals surface area contributed by atoms with Crippen molar-refractivity contribution in [1.29, 1.82) is 0 Å². The molecule has 7 nitrogen and oxygen atoms in total. The van der Waals surface area contributed by atoms with Gasteiger partial charge in [0.2, 0.25) is 5.91 Å². The van der Waals surface area contributed by atoms with Crippen molar-refractivity contribution in [3.05, 3.63) is 86.6 Å². The van der Waals surface area contributed by atoms with Gasteiger partial charge in [-0.25, -0.2) is 13.6 Å². The summed E-state index contributed by atoms with van der Waals surface area (Å²) in [6.07, 6.45) is -0.159. The van der Waals surface area contributed by atoms with Gasteiger partial charge in [0.15, 0.2) is 0 Å². The molecular weight excluding hydrogens is 434 g/mol. The van der Waals surface area contributed by atoms with Crippen molar-refractivity contribution in [3.63, 3.8) is 0 Å². The zero-order valence-corrected chi connectivity index (χ0v) is 18.5. The molecule has 0 spiro atoms. The molecular formula is C24H24F2N2O5. The van der Waals surface area contributed by atoms with Crippen molar-refractivity contribution in [2.75, 3.05) is 6.61 Å². The van der Waals surface area contributed by atoms with Gasteiger partial charge in [0, 0.05) is 41.8 Å². The maximum atomic E-state index is 14.2. The molecule has 9 heteroatoms. The average molecular weight is 458 g/mol. The summed E-state index contributed by atoms with van der Waals surface area (Å²) in [5, 5.41) is 11.2. The lowest BCUT2D eigenvalue weighted by Crippen LogP contribution is -2.38. The SMILES string of the molecule is CC1=C(C(=O)OCC(C)C)[C@H](c2cccc([N+](=O)[O-])c2)CC(=O)N1Cc1ccc(F)cc1F.